The van der Waals surface area contributed by atoms with E-state index in [2.05, 4.69) is 10.6 Å². The number of benzene rings is 1. The molecule has 1 rings (SSSR count). The molecule has 1 aromatic rings. The minimum atomic E-state index is -0.841. The Bertz CT molecular complexity index is 404. The molecule has 0 aliphatic rings. The Morgan fingerprint density at radius 1 is 0.875 bits per heavy atom. The maximum Gasteiger partial charge on any atom is 0.274 e. The van der Waals surface area contributed by atoms with E-state index in [0.29, 0.717) is 0 Å². The number of nitrogens with one attached hydrogen (secondary N) is 2. The molecule has 2 N–H and O–H groups in total. The van der Waals surface area contributed by atoms with Crippen molar-refractivity contribution >= 4 is 11.8 Å². The van der Waals surface area contributed by atoms with Crippen LogP contribution in [0.25, 0.3) is 0 Å². The van der Waals surface area contributed by atoms with Crippen molar-refractivity contribution in [2.45, 2.75) is 0 Å². The third-order valence-corrected chi connectivity index (χ3v) is 1.71. The minimum absolute atomic E-state index is 0.0803. The van der Waals surface area contributed by atoms with E-state index in [4.69, 9.17) is 0 Å². The molecule has 2 amide bonds. The van der Waals surface area contributed by atoms with Crippen LogP contribution in [-0.2, 0) is 0 Å². The summed E-state index contributed by atoms with van der Waals surface area (Å²) in [4.78, 5) is 42.3. The molecule has 82 valence electrons. The molecule has 0 fully saturated rings. The summed E-state index contributed by atoms with van der Waals surface area (Å²) < 4.78 is 0. The molecule has 0 saturated carbocycles. The molecule has 0 aliphatic heterocycles. The van der Waals surface area contributed by atoms with Crippen molar-refractivity contribution in [1.82, 2.24) is 10.9 Å². The van der Waals surface area contributed by atoms with E-state index in [-0.39, 0.29) is 11.1 Å². The van der Waals surface area contributed by atoms with Crippen molar-refractivity contribution in [2.75, 3.05) is 0 Å². The number of hydrogen-bond donors (Lipinski definition) is 2. The van der Waals surface area contributed by atoms with Gasteiger partial charge in [0, 0.05) is 0 Å². The molecule has 0 saturated heterocycles. The van der Waals surface area contributed by atoms with Crippen molar-refractivity contribution in [3.63, 3.8) is 0 Å². The normalized spacial score (nSPS) is 9.00. The molecule has 8 nitrogen and oxygen atoms in total. The Morgan fingerprint density at radius 2 is 1.25 bits per heavy atom. The van der Waals surface area contributed by atoms with Gasteiger partial charge in [0.2, 0.25) is 0 Å². The largest absolute Gasteiger partial charge is 0.274 e. The van der Waals surface area contributed by atoms with Crippen molar-refractivity contribution in [3.8, 4) is 0 Å². The summed E-state index contributed by atoms with van der Waals surface area (Å²) in [6.45, 7) is 0. The maximum atomic E-state index is 11.3. The Morgan fingerprint density at radius 3 is 1.56 bits per heavy atom. The molecule has 16 heavy (non-hydrogen) atoms. The Balaban J connectivity index is 3.09. The molecular weight excluding hydrogens is 216 g/mol. The van der Waals surface area contributed by atoms with E-state index in [9.17, 15) is 19.4 Å². The van der Waals surface area contributed by atoms with E-state index >= 15 is 0 Å². The molecule has 0 atom stereocenters. The van der Waals surface area contributed by atoms with E-state index in [1.165, 1.54) is 24.3 Å². The zero-order valence-electron chi connectivity index (χ0n) is 7.84. The molecular formula is C8H6N4O4. The fourth-order valence-corrected chi connectivity index (χ4v) is 1.08. The first-order chi connectivity index (χ1) is 7.70. The molecule has 0 bridgehead atoms. The molecule has 0 aromatic heterocycles. The summed E-state index contributed by atoms with van der Waals surface area (Å²) in [5, 5.41) is 4.38. The lowest BCUT2D eigenvalue weighted by Gasteiger charge is -2.03. The maximum absolute atomic E-state index is 11.3. The number of carbonyl (C=O) groups is 2. The van der Waals surface area contributed by atoms with Crippen LogP contribution in [0.2, 0.25) is 0 Å². The third-order valence-electron chi connectivity index (χ3n) is 1.71. The SMILES string of the molecule is O=NNC(=O)c1ccccc1C(=O)NN=O. The molecule has 1 aromatic carbocycles. The smallest absolute Gasteiger partial charge is 0.267 e. The van der Waals surface area contributed by atoms with E-state index in [0.717, 1.165) is 0 Å². The predicted molar refractivity (Wildman–Crippen MR) is 53.0 cm³/mol. The van der Waals surface area contributed by atoms with Crippen LogP contribution < -0.4 is 10.9 Å². The van der Waals surface area contributed by atoms with Crippen LogP contribution in [0.15, 0.2) is 34.8 Å². The molecule has 0 radical (unpaired) electrons. The second kappa shape index (κ2) is 5.29. The van der Waals surface area contributed by atoms with Gasteiger partial charge in [-0.15, -0.1) is 9.81 Å². The first kappa shape index (κ1) is 11.4. The van der Waals surface area contributed by atoms with Gasteiger partial charge in [-0.05, 0) is 12.1 Å². The van der Waals surface area contributed by atoms with Crippen LogP contribution in [0, 0.1) is 9.81 Å². The number of carbonyl (C=O) groups excluding carboxylic acids is 2. The summed E-state index contributed by atoms with van der Waals surface area (Å²) in [5.41, 5.74) is 3.12. The monoisotopic (exact) mass is 222 g/mol. The molecule has 8 heteroatoms. The van der Waals surface area contributed by atoms with E-state index in [1.807, 2.05) is 0 Å². The van der Waals surface area contributed by atoms with Crippen LogP contribution in [0.5, 0.6) is 0 Å². The van der Waals surface area contributed by atoms with Gasteiger partial charge in [-0.25, -0.2) is 10.9 Å². The van der Waals surface area contributed by atoms with Crippen LogP contribution in [0.4, 0.5) is 0 Å². The standard InChI is InChI=1S/C8H6N4O4/c13-7(9-11-15)5-3-1-2-4-6(5)8(14)10-12-16/h1-4H,(H,9,13,15)(H,10,14,16). The highest BCUT2D eigenvalue weighted by molar-refractivity contribution is 6.06. The zero-order valence-corrected chi connectivity index (χ0v) is 7.84. The Kier molecular flexibility index (Phi) is 3.78. The first-order valence-corrected chi connectivity index (χ1v) is 4.05. The predicted octanol–water partition coefficient (Wildman–Crippen LogP) is 0.509. The van der Waals surface area contributed by atoms with Crippen LogP contribution in [0.1, 0.15) is 20.7 Å². The first-order valence-electron chi connectivity index (χ1n) is 4.05. The fourth-order valence-electron chi connectivity index (χ4n) is 1.08. The number of nitroso groups, excluding NO2 is 2. The van der Waals surface area contributed by atoms with Crippen molar-refractivity contribution in [1.29, 1.82) is 0 Å². The van der Waals surface area contributed by atoms with E-state index < -0.39 is 11.8 Å². The topological polar surface area (TPSA) is 117 Å². The Labute approximate surface area is 88.9 Å². The number of nitrogens with zero attached hydrogens (tertiary/aromatic N) is 2. The minimum Gasteiger partial charge on any atom is -0.267 e. The lowest BCUT2D eigenvalue weighted by Crippen LogP contribution is -2.24. The van der Waals surface area contributed by atoms with Gasteiger partial charge in [0.1, 0.15) is 0 Å². The van der Waals surface area contributed by atoms with E-state index in [1.54, 1.807) is 10.9 Å². The van der Waals surface area contributed by atoms with Gasteiger partial charge in [0.15, 0.2) is 0 Å². The lowest BCUT2D eigenvalue weighted by molar-refractivity contribution is 0.0920. The summed E-state index contributed by atoms with van der Waals surface area (Å²) >= 11 is 0. The van der Waals surface area contributed by atoms with Crippen LogP contribution in [0.3, 0.4) is 0 Å². The number of hydrogen-bond acceptors (Lipinski definition) is 6. The van der Waals surface area contributed by atoms with Crippen molar-refractivity contribution in [3.05, 3.63) is 45.2 Å². The molecule has 0 unspecified atom stereocenters. The second-order valence-electron chi connectivity index (χ2n) is 2.61. The zero-order chi connectivity index (χ0) is 12.0. The van der Waals surface area contributed by atoms with Gasteiger partial charge in [-0.1, -0.05) is 12.1 Å². The van der Waals surface area contributed by atoms with Crippen molar-refractivity contribution in [2.24, 2.45) is 10.6 Å². The summed E-state index contributed by atoms with van der Waals surface area (Å²) in [6, 6.07) is 5.59. The van der Waals surface area contributed by atoms with Crippen molar-refractivity contribution < 1.29 is 9.59 Å². The molecule has 0 aliphatic carbocycles. The third kappa shape index (κ3) is 2.44. The highest BCUT2D eigenvalue weighted by Gasteiger charge is 2.16. The molecule has 0 heterocycles. The lowest BCUT2D eigenvalue weighted by atomic mass is 10.1. The average Bonchev–Trinajstić information content (AvgIpc) is 2.30. The van der Waals surface area contributed by atoms with Crippen LogP contribution in [-0.4, -0.2) is 11.8 Å². The van der Waals surface area contributed by atoms with Gasteiger partial charge in [-0.2, -0.15) is 0 Å². The second-order valence-corrected chi connectivity index (χ2v) is 2.61. The quantitative estimate of drug-likeness (QED) is 0.569. The van der Waals surface area contributed by atoms with Gasteiger partial charge < -0.3 is 0 Å². The number of rotatable bonds is 4. The fraction of sp³-hybridized carbons (Fsp3) is 0. The van der Waals surface area contributed by atoms with Gasteiger partial charge in [0.05, 0.1) is 21.7 Å². The Hall–Kier alpha value is -2.64. The van der Waals surface area contributed by atoms with Gasteiger partial charge in [0.25, 0.3) is 11.8 Å². The van der Waals surface area contributed by atoms with Gasteiger partial charge >= 0.3 is 0 Å². The summed E-state index contributed by atoms with van der Waals surface area (Å²) in [7, 11) is 0. The highest BCUT2D eigenvalue weighted by atomic mass is 16.3. The van der Waals surface area contributed by atoms with Gasteiger partial charge in [-0.3, -0.25) is 9.59 Å². The summed E-state index contributed by atoms with van der Waals surface area (Å²) in [5.74, 6) is -1.68. The average molecular weight is 222 g/mol. The summed E-state index contributed by atoms with van der Waals surface area (Å²) in [6.07, 6.45) is 0. The van der Waals surface area contributed by atoms with Crippen LogP contribution >= 0.6 is 0 Å². The highest BCUT2D eigenvalue weighted by Crippen LogP contribution is 2.08. The number of amides is 2. The molecule has 0 spiro atoms.